The molecule has 0 spiro atoms. The number of hydrogen-bond donors (Lipinski definition) is 2. The van der Waals surface area contributed by atoms with E-state index in [0.717, 1.165) is 67.7 Å². The second kappa shape index (κ2) is 5.45. The van der Waals surface area contributed by atoms with Crippen LogP contribution in [0.15, 0.2) is 24.3 Å². The Morgan fingerprint density at radius 2 is 1.85 bits per heavy atom. The molecule has 2 aliphatic heterocycles. The summed E-state index contributed by atoms with van der Waals surface area (Å²) in [6.45, 7) is 4.36. The summed E-state index contributed by atoms with van der Waals surface area (Å²) in [6.07, 6.45) is 3.01. The highest BCUT2D eigenvalue weighted by molar-refractivity contribution is 6.03. The van der Waals surface area contributed by atoms with Crippen LogP contribution in [0.25, 0.3) is 16.7 Å². The Morgan fingerprint density at radius 3 is 2.63 bits per heavy atom. The van der Waals surface area contributed by atoms with Crippen molar-refractivity contribution in [1.29, 1.82) is 0 Å². The molecule has 2 atom stereocenters. The zero-order chi connectivity index (χ0) is 18.1. The van der Waals surface area contributed by atoms with Crippen LogP contribution >= 0.6 is 0 Å². The van der Waals surface area contributed by atoms with Gasteiger partial charge < -0.3 is 16.0 Å². The number of carbonyl (C=O) groups excluding carboxylic acids is 1. The summed E-state index contributed by atoms with van der Waals surface area (Å²) in [6, 6.07) is 8.16. The summed E-state index contributed by atoms with van der Waals surface area (Å²) in [5.41, 5.74) is 11.6. The van der Waals surface area contributed by atoms with E-state index in [1.54, 1.807) is 0 Å². The van der Waals surface area contributed by atoms with E-state index in [1.165, 1.54) is 11.4 Å². The third-order valence-electron chi connectivity index (χ3n) is 6.72. The fourth-order valence-electron chi connectivity index (χ4n) is 5.56. The number of aromatic nitrogens is 2. The van der Waals surface area contributed by atoms with Gasteiger partial charge in [0.2, 0.25) is 0 Å². The van der Waals surface area contributed by atoms with Gasteiger partial charge in [0.05, 0.1) is 16.6 Å². The van der Waals surface area contributed by atoms with Crippen LogP contribution in [0.4, 0.5) is 5.82 Å². The van der Waals surface area contributed by atoms with Crippen molar-refractivity contribution >= 4 is 28.4 Å². The number of nitrogens with two attached hydrogens (primary N) is 1. The largest absolute Gasteiger partial charge is 0.365 e. The summed E-state index contributed by atoms with van der Waals surface area (Å²) in [4.78, 5) is 19.8. The number of anilines is 1. The van der Waals surface area contributed by atoms with E-state index in [9.17, 15) is 4.79 Å². The minimum Gasteiger partial charge on any atom is -0.365 e. The summed E-state index contributed by atoms with van der Waals surface area (Å²) >= 11 is 0. The van der Waals surface area contributed by atoms with Gasteiger partial charge in [0.15, 0.2) is 5.65 Å². The molecular weight excluding hydrogens is 338 g/mol. The fraction of sp³-hybridized carbons (Fsp3) is 0.429. The summed E-state index contributed by atoms with van der Waals surface area (Å²) < 4.78 is 2.22. The predicted octanol–water partition coefficient (Wildman–Crippen LogP) is 1.73. The highest BCUT2D eigenvalue weighted by Crippen LogP contribution is 2.41. The van der Waals surface area contributed by atoms with Crippen molar-refractivity contribution in [1.82, 2.24) is 14.7 Å². The Kier molecular flexibility index (Phi) is 3.12. The molecule has 0 saturated carbocycles. The molecule has 4 heterocycles. The van der Waals surface area contributed by atoms with Crippen molar-refractivity contribution in [2.45, 2.75) is 19.3 Å². The molecule has 3 aromatic rings. The van der Waals surface area contributed by atoms with E-state index in [-0.39, 0.29) is 5.91 Å². The van der Waals surface area contributed by atoms with Gasteiger partial charge in [0.25, 0.3) is 5.91 Å². The Morgan fingerprint density at radius 1 is 1.11 bits per heavy atom. The van der Waals surface area contributed by atoms with Gasteiger partial charge in [-0.25, -0.2) is 4.98 Å². The van der Waals surface area contributed by atoms with Gasteiger partial charge in [-0.05, 0) is 54.4 Å². The molecule has 3 N–H and O–H groups in total. The van der Waals surface area contributed by atoms with Crippen LogP contribution in [-0.2, 0) is 12.8 Å². The molecule has 1 unspecified atom stereocenters. The number of primary amides is 1. The molecule has 1 aromatic carbocycles. The summed E-state index contributed by atoms with van der Waals surface area (Å²) in [7, 11) is 0. The molecule has 138 valence electrons. The van der Waals surface area contributed by atoms with Crippen LogP contribution in [0.2, 0.25) is 0 Å². The lowest BCUT2D eigenvalue weighted by atomic mass is 10.0. The minimum atomic E-state index is -0.359. The van der Waals surface area contributed by atoms with Crippen molar-refractivity contribution in [3.63, 3.8) is 0 Å². The Bertz CT molecular complexity index is 1090. The van der Waals surface area contributed by atoms with Gasteiger partial charge in [-0.1, -0.05) is 12.1 Å². The Hall–Kier alpha value is -2.60. The van der Waals surface area contributed by atoms with Crippen LogP contribution in [0.3, 0.4) is 0 Å². The molecule has 2 aromatic heterocycles. The number of benzene rings is 1. The van der Waals surface area contributed by atoms with Crippen LogP contribution in [0, 0.1) is 11.8 Å². The van der Waals surface area contributed by atoms with E-state index in [4.69, 9.17) is 10.7 Å². The third kappa shape index (κ3) is 2.04. The molecule has 2 fully saturated rings. The molecular formula is C21H23N5O. The van der Waals surface area contributed by atoms with Gasteiger partial charge in [-0.15, -0.1) is 0 Å². The maximum absolute atomic E-state index is 12.4. The van der Waals surface area contributed by atoms with E-state index >= 15 is 0 Å². The Balaban J connectivity index is 1.69. The smallest absolute Gasteiger partial charge is 0.252 e. The van der Waals surface area contributed by atoms with Crippen molar-refractivity contribution in [2.75, 3.05) is 31.1 Å². The molecule has 0 radical (unpaired) electrons. The maximum Gasteiger partial charge on any atom is 0.252 e. The maximum atomic E-state index is 12.4. The first-order valence-corrected chi connectivity index (χ1v) is 9.92. The van der Waals surface area contributed by atoms with Crippen LogP contribution in [-0.4, -0.2) is 41.5 Å². The third-order valence-corrected chi connectivity index (χ3v) is 6.72. The number of nitrogens with zero attached hydrogens (tertiary/aromatic N) is 3. The number of carbonyl (C=O) groups is 1. The number of para-hydroxylation sites is 2. The highest BCUT2D eigenvalue weighted by atomic mass is 16.1. The lowest BCUT2D eigenvalue weighted by Gasteiger charge is -2.26. The molecule has 2 saturated heterocycles. The molecule has 6 nitrogen and oxygen atoms in total. The average Bonchev–Trinajstić information content (AvgIpc) is 3.40. The number of fused-ring (bicyclic) bond motifs is 5. The zero-order valence-electron chi connectivity index (χ0n) is 15.2. The number of rotatable bonds is 2. The predicted molar refractivity (Wildman–Crippen MR) is 105 cm³/mol. The average molecular weight is 361 g/mol. The Labute approximate surface area is 157 Å². The molecule has 6 rings (SSSR count). The van der Waals surface area contributed by atoms with Gasteiger partial charge >= 0.3 is 0 Å². The highest BCUT2D eigenvalue weighted by Gasteiger charge is 2.39. The van der Waals surface area contributed by atoms with Gasteiger partial charge in [0, 0.05) is 26.2 Å². The first kappa shape index (κ1) is 15.5. The normalized spacial score (nSPS) is 24.1. The topological polar surface area (TPSA) is 75.7 Å². The molecule has 0 bridgehead atoms. The summed E-state index contributed by atoms with van der Waals surface area (Å²) in [5, 5.41) is 3.53. The van der Waals surface area contributed by atoms with Crippen LogP contribution in [0.5, 0.6) is 0 Å². The van der Waals surface area contributed by atoms with E-state index in [2.05, 4.69) is 20.7 Å². The van der Waals surface area contributed by atoms with E-state index in [1.807, 2.05) is 18.2 Å². The number of amides is 1. The zero-order valence-corrected chi connectivity index (χ0v) is 15.2. The molecule has 27 heavy (non-hydrogen) atoms. The number of imidazole rings is 1. The first-order chi connectivity index (χ1) is 13.2. The van der Waals surface area contributed by atoms with Crippen LogP contribution < -0.4 is 16.0 Å². The standard InChI is InChI=1S/C21H23N5O/c22-19(27)18-14-4-3-5-15(14)21(25-10-12-8-23-9-13(12)11-25)26-17-7-2-1-6-16(17)24-20(18)26/h1-2,6-7,12-13,23H,3-5,8-11H2,(H2,22,27)/t12-,13?/m1/s1. The lowest BCUT2D eigenvalue weighted by Crippen LogP contribution is -2.29. The quantitative estimate of drug-likeness (QED) is 0.729. The van der Waals surface area contributed by atoms with Gasteiger partial charge in [-0.3, -0.25) is 9.20 Å². The molecule has 3 aliphatic rings. The second-order valence-electron chi connectivity index (χ2n) is 8.22. The van der Waals surface area contributed by atoms with Gasteiger partial charge in [0.1, 0.15) is 5.82 Å². The minimum absolute atomic E-state index is 0.359. The SMILES string of the molecule is NC(=O)c1c2c(c(N3CC4CNC[C@@H]4C3)n3c1nc1ccccc13)CCC2. The van der Waals surface area contributed by atoms with Crippen molar-refractivity contribution < 1.29 is 4.79 Å². The molecule has 1 aliphatic carbocycles. The fourth-order valence-corrected chi connectivity index (χ4v) is 5.56. The van der Waals surface area contributed by atoms with Crippen LogP contribution in [0.1, 0.15) is 27.9 Å². The summed E-state index contributed by atoms with van der Waals surface area (Å²) in [5.74, 6) is 2.32. The number of hydrogen-bond acceptors (Lipinski definition) is 4. The van der Waals surface area contributed by atoms with E-state index in [0.29, 0.717) is 17.4 Å². The lowest BCUT2D eigenvalue weighted by molar-refractivity contribution is 0.100. The van der Waals surface area contributed by atoms with E-state index < -0.39 is 0 Å². The first-order valence-electron chi connectivity index (χ1n) is 9.92. The monoisotopic (exact) mass is 361 g/mol. The van der Waals surface area contributed by atoms with Crippen molar-refractivity contribution in [2.24, 2.45) is 17.6 Å². The van der Waals surface area contributed by atoms with Crippen molar-refractivity contribution in [3.05, 3.63) is 41.0 Å². The second-order valence-corrected chi connectivity index (χ2v) is 8.22. The van der Waals surface area contributed by atoms with Gasteiger partial charge in [-0.2, -0.15) is 0 Å². The number of pyridine rings is 1. The molecule has 1 amide bonds. The molecule has 6 heteroatoms. The number of nitrogens with one attached hydrogen (secondary N) is 1. The van der Waals surface area contributed by atoms with Crippen molar-refractivity contribution in [3.8, 4) is 0 Å².